The molecule has 2 N–H and O–H groups in total. The van der Waals surface area contributed by atoms with E-state index in [1.807, 2.05) is 24.3 Å². The molecular formula is C16H20N2O3. The summed E-state index contributed by atoms with van der Waals surface area (Å²) in [6.45, 7) is 2.47. The molecule has 2 aliphatic rings. The molecule has 21 heavy (non-hydrogen) atoms. The lowest BCUT2D eigenvalue weighted by Crippen LogP contribution is -2.52. The summed E-state index contributed by atoms with van der Waals surface area (Å²) in [6, 6.07) is 6.91. The first-order valence-electron chi connectivity index (χ1n) is 7.47. The van der Waals surface area contributed by atoms with Gasteiger partial charge in [-0.2, -0.15) is 0 Å². The van der Waals surface area contributed by atoms with Gasteiger partial charge in [-0.05, 0) is 23.5 Å². The van der Waals surface area contributed by atoms with Crippen molar-refractivity contribution in [3.63, 3.8) is 0 Å². The fourth-order valence-electron chi connectivity index (χ4n) is 3.07. The third kappa shape index (κ3) is 2.73. The van der Waals surface area contributed by atoms with E-state index >= 15 is 0 Å². The van der Waals surface area contributed by atoms with E-state index in [2.05, 4.69) is 12.2 Å². The highest BCUT2D eigenvalue weighted by Gasteiger charge is 2.40. The highest BCUT2D eigenvalue weighted by atomic mass is 16.4. The number of urea groups is 1. The summed E-state index contributed by atoms with van der Waals surface area (Å²) in [5.74, 6) is -0.392. The molecule has 1 aromatic carbocycles. The van der Waals surface area contributed by atoms with Crippen LogP contribution in [0.5, 0.6) is 0 Å². The van der Waals surface area contributed by atoms with Gasteiger partial charge in [0.2, 0.25) is 0 Å². The summed E-state index contributed by atoms with van der Waals surface area (Å²) < 4.78 is 0. The molecule has 1 heterocycles. The molecular weight excluding hydrogens is 268 g/mol. The third-order valence-corrected chi connectivity index (χ3v) is 4.55. The Labute approximate surface area is 123 Å². The zero-order valence-corrected chi connectivity index (χ0v) is 12.1. The van der Waals surface area contributed by atoms with E-state index in [4.69, 9.17) is 0 Å². The number of hydrogen-bond acceptors (Lipinski definition) is 2. The van der Waals surface area contributed by atoms with Crippen LogP contribution in [0.3, 0.4) is 0 Å². The van der Waals surface area contributed by atoms with Crippen molar-refractivity contribution in [2.45, 2.75) is 44.8 Å². The molecule has 0 radical (unpaired) electrons. The number of carbonyl (C=O) groups is 2. The standard InChI is InChI=1S/C16H20N2O3/c1-2-10-7-13(10)17-16(21)18-9-12-6-4-3-5-11(12)8-14(18)15(19)20/h3-6,10,13-14H,2,7-9H2,1H3,(H,17,21)(H,19,20)/t10?,13?,14-/m0/s1. The first kappa shape index (κ1) is 13.9. The van der Waals surface area contributed by atoms with Crippen molar-refractivity contribution in [1.82, 2.24) is 10.2 Å². The van der Waals surface area contributed by atoms with Gasteiger partial charge >= 0.3 is 12.0 Å². The molecule has 0 saturated heterocycles. The molecule has 1 aliphatic carbocycles. The lowest BCUT2D eigenvalue weighted by Gasteiger charge is -2.34. The van der Waals surface area contributed by atoms with Gasteiger partial charge in [0.25, 0.3) is 0 Å². The van der Waals surface area contributed by atoms with E-state index in [9.17, 15) is 14.7 Å². The Bertz CT molecular complexity index is 572. The minimum Gasteiger partial charge on any atom is -0.480 e. The summed E-state index contributed by atoms with van der Waals surface area (Å²) >= 11 is 0. The number of fused-ring (bicyclic) bond motifs is 1. The molecule has 112 valence electrons. The maximum absolute atomic E-state index is 12.4. The van der Waals surface area contributed by atoms with Crippen molar-refractivity contribution in [1.29, 1.82) is 0 Å². The predicted molar refractivity (Wildman–Crippen MR) is 77.8 cm³/mol. The molecule has 1 aliphatic heterocycles. The van der Waals surface area contributed by atoms with Crippen LogP contribution in [0.1, 0.15) is 30.9 Å². The fourth-order valence-corrected chi connectivity index (χ4v) is 3.07. The van der Waals surface area contributed by atoms with Gasteiger partial charge < -0.3 is 15.3 Å². The maximum Gasteiger partial charge on any atom is 0.326 e. The topological polar surface area (TPSA) is 69.6 Å². The zero-order valence-electron chi connectivity index (χ0n) is 12.1. The molecule has 5 heteroatoms. The normalized spacial score (nSPS) is 26.9. The Hall–Kier alpha value is -2.04. The maximum atomic E-state index is 12.4. The number of carboxylic acids is 1. The van der Waals surface area contributed by atoms with Crippen LogP contribution in [-0.2, 0) is 17.8 Å². The van der Waals surface area contributed by atoms with Gasteiger partial charge in [-0.25, -0.2) is 9.59 Å². The zero-order chi connectivity index (χ0) is 15.0. The van der Waals surface area contributed by atoms with Crippen LogP contribution in [0.15, 0.2) is 24.3 Å². The number of hydrogen-bond donors (Lipinski definition) is 2. The number of nitrogens with zero attached hydrogens (tertiary/aromatic N) is 1. The van der Waals surface area contributed by atoms with E-state index < -0.39 is 12.0 Å². The van der Waals surface area contributed by atoms with Crippen LogP contribution in [0.4, 0.5) is 4.79 Å². The second kappa shape index (κ2) is 5.39. The molecule has 0 bridgehead atoms. The molecule has 1 fully saturated rings. The predicted octanol–water partition coefficient (Wildman–Crippen LogP) is 2.01. The number of aliphatic carboxylic acids is 1. The van der Waals surface area contributed by atoms with Crippen LogP contribution < -0.4 is 5.32 Å². The smallest absolute Gasteiger partial charge is 0.326 e. The van der Waals surface area contributed by atoms with Gasteiger partial charge in [0.1, 0.15) is 6.04 Å². The molecule has 3 atom stereocenters. The number of rotatable bonds is 3. The summed E-state index contributed by atoms with van der Waals surface area (Å²) in [5.41, 5.74) is 2.06. The van der Waals surface area contributed by atoms with Crippen LogP contribution in [0.2, 0.25) is 0 Å². The van der Waals surface area contributed by atoms with E-state index in [1.165, 1.54) is 4.90 Å². The van der Waals surface area contributed by atoms with Crippen molar-refractivity contribution < 1.29 is 14.7 Å². The van der Waals surface area contributed by atoms with Gasteiger partial charge in [0.15, 0.2) is 0 Å². The Morgan fingerprint density at radius 3 is 2.67 bits per heavy atom. The molecule has 2 unspecified atom stereocenters. The number of carbonyl (C=O) groups excluding carboxylic acids is 1. The largest absolute Gasteiger partial charge is 0.480 e. The molecule has 1 saturated carbocycles. The second-order valence-corrected chi connectivity index (χ2v) is 5.91. The number of nitrogens with one attached hydrogen (secondary N) is 1. The van der Waals surface area contributed by atoms with Crippen LogP contribution in [0.25, 0.3) is 0 Å². The van der Waals surface area contributed by atoms with E-state index in [1.54, 1.807) is 0 Å². The van der Waals surface area contributed by atoms with E-state index in [-0.39, 0.29) is 12.1 Å². The average Bonchev–Trinajstić information content (AvgIpc) is 3.24. The molecule has 0 spiro atoms. The van der Waals surface area contributed by atoms with Gasteiger partial charge in [-0.15, -0.1) is 0 Å². The Kier molecular flexibility index (Phi) is 3.57. The highest BCUT2D eigenvalue weighted by Crippen LogP contribution is 2.33. The van der Waals surface area contributed by atoms with E-state index in [0.717, 1.165) is 24.0 Å². The van der Waals surface area contributed by atoms with Crippen molar-refractivity contribution in [3.8, 4) is 0 Å². The molecule has 2 amide bonds. The summed E-state index contributed by atoms with van der Waals surface area (Å²) in [5, 5.41) is 12.4. The van der Waals surface area contributed by atoms with Crippen LogP contribution >= 0.6 is 0 Å². The summed E-state index contributed by atoms with van der Waals surface area (Å²) in [7, 11) is 0. The fraction of sp³-hybridized carbons (Fsp3) is 0.500. The van der Waals surface area contributed by atoms with Crippen LogP contribution in [0, 0.1) is 5.92 Å². The first-order chi connectivity index (χ1) is 10.1. The van der Waals surface area contributed by atoms with Crippen molar-refractivity contribution in [2.75, 3.05) is 0 Å². The monoisotopic (exact) mass is 288 g/mol. The van der Waals surface area contributed by atoms with Gasteiger partial charge in [0, 0.05) is 19.0 Å². The first-order valence-corrected chi connectivity index (χ1v) is 7.47. The minimum absolute atomic E-state index is 0.217. The Morgan fingerprint density at radius 1 is 1.33 bits per heavy atom. The van der Waals surface area contributed by atoms with E-state index in [0.29, 0.717) is 18.9 Å². The van der Waals surface area contributed by atoms with Crippen LogP contribution in [-0.4, -0.2) is 34.1 Å². The summed E-state index contributed by atoms with van der Waals surface area (Å²) in [4.78, 5) is 25.3. The minimum atomic E-state index is -0.942. The Morgan fingerprint density at radius 2 is 2.05 bits per heavy atom. The number of benzene rings is 1. The van der Waals surface area contributed by atoms with Gasteiger partial charge in [-0.1, -0.05) is 37.6 Å². The van der Waals surface area contributed by atoms with Crippen molar-refractivity contribution in [2.24, 2.45) is 5.92 Å². The molecule has 0 aromatic heterocycles. The molecule has 1 aromatic rings. The van der Waals surface area contributed by atoms with Crippen molar-refractivity contribution >= 4 is 12.0 Å². The molecule has 5 nitrogen and oxygen atoms in total. The lowest BCUT2D eigenvalue weighted by molar-refractivity contribution is -0.142. The van der Waals surface area contributed by atoms with Gasteiger partial charge in [-0.3, -0.25) is 0 Å². The molecule has 3 rings (SSSR count). The SMILES string of the molecule is CCC1CC1NC(=O)N1Cc2ccccc2C[C@H]1C(=O)O. The Balaban J connectivity index is 1.76. The lowest BCUT2D eigenvalue weighted by atomic mass is 9.94. The summed E-state index contributed by atoms with van der Waals surface area (Å²) in [6.07, 6.45) is 2.43. The third-order valence-electron chi connectivity index (χ3n) is 4.55. The number of carboxylic acid groups (broad SMARTS) is 1. The number of amides is 2. The van der Waals surface area contributed by atoms with Crippen molar-refractivity contribution in [3.05, 3.63) is 35.4 Å². The average molecular weight is 288 g/mol. The second-order valence-electron chi connectivity index (χ2n) is 5.91. The highest BCUT2D eigenvalue weighted by molar-refractivity contribution is 5.84. The van der Waals surface area contributed by atoms with Gasteiger partial charge in [0.05, 0.1) is 0 Å². The quantitative estimate of drug-likeness (QED) is 0.894.